The maximum Gasteiger partial charge on any atom is 0.122 e. The number of rotatable bonds is 5. The largest absolute Gasteiger partial charge is 0.468 e. The van der Waals surface area contributed by atoms with E-state index in [9.17, 15) is 0 Å². The van der Waals surface area contributed by atoms with Gasteiger partial charge in [-0.05, 0) is 44.2 Å². The number of piperidine rings is 1. The molecule has 18 heavy (non-hydrogen) atoms. The van der Waals surface area contributed by atoms with Gasteiger partial charge in [0, 0.05) is 24.7 Å². The van der Waals surface area contributed by atoms with Crippen LogP contribution in [0.2, 0.25) is 0 Å². The molecule has 3 heteroatoms. The lowest BCUT2D eigenvalue weighted by Gasteiger charge is -2.30. The lowest BCUT2D eigenvalue weighted by atomic mass is 10.00. The molecule has 0 aromatic carbocycles. The Morgan fingerprint density at radius 3 is 3.06 bits per heavy atom. The Kier molecular flexibility index (Phi) is 3.71. The first kappa shape index (κ1) is 12.2. The molecular weight excluding hydrogens is 224 g/mol. The number of likely N-dealkylation sites (tertiary alicyclic amines) is 1. The molecule has 1 aliphatic heterocycles. The highest BCUT2D eigenvalue weighted by molar-refractivity contribution is 5.17. The van der Waals surface area contributed by atoms with Crippen LogP contribution in [0.15, 0.2) is 16.7 Å². The Balaban J connectivity index is 1.55. The van der Waals surface area contributed by atoms with Crippen LogP contribution < -0.4 is 5.32 Å². The van der Waals surface area contributed by atoms with Crippen molar-refractivity contribution in [2.45, 2.75) is 51.7 Å². The van der Waals surface area contributed by atoms with Gasteiger partial charge in [0.2, 0.25) is 0 Å². The van der Waals surface area contributed by atoms with Crippen LogP contribution in [0.25, 0.3) is 0 Å². The molecule has 0 bridgehead atoms. The third-order valence-electron chi connectivity index (χ3n) is 4.10. The van der Waals surface area contributed by atoms with Crippen molar-refractivity contribution in [1.82, 2.24) is 10.2 Å². The Morgan fingerprint density at radius 2 is 2.28 bits per heavy atom. The second kappa shape index (κ2) is 5.45. The minimum Gasteiger partial charge on any atom is -0.468 e. The molecule has 1 N–H and O–H groups in total. The number of hydrogen-bond acceptors (Lipinski definition) is 3. The Labute approximate surface area is 110 Å². The summed E-state index contributed by atoms with van der Waals surface area (Å²) in [5.41, 5.74) is 1.35. The van der Waals surface area contributed by atoms with Gasteiger partial charge in [-0.2, -0.15) is 0 Å². The molecule has 3 nitrogen and oxygen atoms in total. The van der Waals surface area contributed by atoms with E-state index in [2.05, 4.69) is 23.2 Å². The second-order valence-electron chi connectivity index (χ2n) is 6.01. The maximum absolute atomic E-state index is 5.67. The molecule has 1 saturated carbocycles. The van der Waals surface area contributed by atoms with Gasteiger partial charge in [-0.3, -0.25) is 4.90 Å². The molecule has 100 valence electrons. The zero-order valence-corrected chi connectivity index (χ0v) is 11.3. The molecule has 1 atom stereocenters. The van der Waals surface area contributed by atoms with Crippen molar-refractivity contribution >= 4 is 0 Å². The molecule has 0 amide bonds. The van der Waals surface area contributed by atoms with E-state index in [-0.39, 0.29) is 0 Å². The summed E-state index contributed by atoms with van der Waals surface area (Å²) in [4.78, 5) is 2.54. The molecule has 0 spiro atoms. The van der Waals surface area contributed by atoms with Gasteiger partial charge < -0.3 is 9.73 Å². The highest BCUT2D eigenvalue weighted by atomic mass is 16.3. The highest BCUT2D eigenvalue weighted by Gasteiger charge is 2.22. The average molecular weight is 248 g/mol. The van der Waals surface area contributed by atoms with Crippen LogP contribution in [0.5, 0.6) is 0 Å². The fourth-order valence-electron chi connectivity index (χ4n) is 2.84. The third-order valence-corrected chi connectivity index (χ3v) is 4.10. The lowest BCUT2D eigenvalue weighted by molar-refractivity contribution is 0.164. The monoisotopic (exact) mass is 248 g/mol. The van der Waals surface area contributed by atoms with E-state index >= 15 is 0 Å². The van der Waals surface area contributed by atoms with Crippen molar-refractivity contribution in [2.75, 3.05) is 13.1 Å². The molecule has 2 aliphatic rings. The van der Waals surface area contributed by atoms with Crippen LogP contribution >= 0.6 is 0 Å². The van der Waals surface area contributed by atoms with Crippen molar-refractivity contribution in [1.29, 1.82) is 0 Å². The predicted octanol–water partition coefficient (Wildman–Crippen LogP) is 2.76. The van der Waals surface area contributed by atoms with Gasteiger partial charge in [-0.25, -0.2) is 0 Å². The summed E-state index contributed by atoms with van der Waals surface area (Å²) >= 11 is 0. The van der Waals surface area contributed by atoms with Crippen LogP contribution in [0.4, 0.5) is 0 Å². The van der Waals surface area contributed by atoms with E-state index in [0.717, 1.165) is 30.8 Å². The fourth-order valence-corrected chi connectivity index (χ4v) is 2.84. The molecule has 2 heterocycles. The molecule has 1 aromatic heterocycles. The number of furan rings is 1. The van der Waals surface area contributed by atoms with E-state index in [1.807, 2.05) is 6.26 Å². The van der Waals surface area contributed by atoms with Gasteiger partial charge >= 0.3 is 0 Å². The molecular formula is C15H24N2O. The van der Waals surface area contributed by atoms with E-state index in [1.165, 1.54) is 44.3 Å². The number of hydrogen-bond donors (Lipinski definition) is 1. The van der Waals surface area contributed by atoms with Gasteiger partial charge in [0.15, 0.2) is 0 Å². The zero-order valence-electron chi connectivity index (χ0n) is 11.3. The summed E-state index contributed by atoms with van der Waals surface area (Å²) in [7, 11) is 0. The molecule has 1 aromatic rings. The quantitative estimate of drug-likeness (QED) is 0.868. The van der Waals surface area contributed by atoms with Crippen LogP contribution in [0, 0.1) is 5.92 Å². The molecule has 1 aliphatic carbocycles. The molecule has 0 radical (unpaired) electrons. The van der Waals surface area contributed by atoms with Crippen LogP contribution in [-0.4, -0.2) is 24.0 Å². The average Bonchev–Trinajstić information content (AvgIpc) is 3.08. The molecule has 1 saturated heterocycles. The predicted molar refractivity (Wildman–Crippen MR) is 72.2 cm³/mol. The minimum atomic E-state index is 0.766. The van der Waals surface area contributed by atoms with Gasteiger partial charge in [0.25, 0.3) is 0 Å². The standard InChI is InChI=1S/C15H24N2O/c1-12-3-2-7-17(10-12)11-15-13(6-8-18-15)9-16-14-4-5-14/h6,8,12,14,16H,2-5,7,9-11H2,1H3. The fraction of sp³-hybridized carbons (Fsp3) is 0.733. The van der Waals surface area contributed by atoms with Gasteiger partial charge in [-0.15, -0.1) is 0 Å². The van der Waals surface area contributed by atoms with Crippen molar-refractivity contribution in [3.05, 3.63) is 23.7 Å². The lowest BCUT2D eigenvalue weighted by Crippen LogP contribution is -2.34. The van der Waals surface area contributed by atoms with Crippen molar-refractivity contribution in [3.8, 4) is 0 Å². The van der Waals surface area contributed by atoms with Crippen LogP contribution in [0.3, 0.4) is 0 Å². The summed E-state index contributed by atoms with van der Waals surface area (Å²) < 4.78 is 5.67. The van der Waals surface area contributed by atoms with E-state index in [4.69, 9.17) is 4.42 Å². The van der Waals surface area contributed by atoms with Crippen molar-refractivity contribution in [3.63, 3.8) is 0 Å². The smallest absolute Gasteiger partial charge is 0.122 e. The van der Waals surface area contributed by atoms with Crippen LogP contribution in [0.1, 0.15) is 43.9 Å². The van der Waals surface area contributed by atoms with Crippen molar-refractivity contribution < 1.29 is 4.42 Å². The summed E-state index contributed by atoms with van der Waals surface area (Å²) in [5.74, 6) is 2.00. The Morgan fingerprint density at radius 1 is 1.39 bits per heavy atom. The van der Waals surface area contributed by atoms with Crippen molar-refractivity contribution in [2.24, 2.45) is 5.92 Å². The first-order valence-corrected chi connectivity index (χ1v) is 7.32. The summed E-state index contributed by atoms with van der Waals surface area (Å²) in [5, 5.41) is 3.57. The summed E-state index contributed by atoms with van der Waals surface area (Å²) in [6.45, 7) is 6.75. The van der Waals surface area contributed by atoms with Gasteiger partial charge in [0.1, 0.15) is 5.76 Å². The summed E-state index contributed by atoms with van der Waals surface area (Å²) in [6, 6.07) is 2.89. The molecule has 1 unspecified atom stereocenters. The number of nitrogens with one attached hydrogen (secondary N) is 1. The Bertz CT molecular complexity index is 384. The highest BCUT2D eigenvalue weighted by Crippen LogP contribution is 2.22. The first-order chi connectivity index (χ1) is 8.81. The third kappa shape index (κ3) is 3.15. The van der Waals surface area contributed by atoms with Gasteiger partial charge in [0.05, 0.1) is 12.8 Å². The SMILES string of the molecule is CC1CCCN(Cc2occc2CNC2CC2)C1. The van der Waals surface area contributed by atoms with E-state index in [0.29, 0.717) is 0 Å². The Hall–Kier alpha value is -0.800. The van der Waals surface area contributed by atoms with Crippen LogP contribution in [-0.2, 0) is 13.1 Å². The second-order valence-corrected chi connectivity index (χ2v) is 6.01. The topological polar surface area (TPSA) is 28.4 Å². The molecule has 3 rings (SSSR count). The van der Waals surface area contributed by atoms with Gasteiger partial charge in [-0.1, -0.05) is 6.92 Å². The normalized spacial score (nSPS) is 25.5. The summed E-state index contributed by atoms with van der Waals surface area (Å²) in [6.07, 6.45) is 7.24. The number of nitrogens with zero attached hydrogens (tertiary/aromatic N) is 1. The van der Waals surface area contributed by atoms with E-state index in [1.54, 1.807) is 0 Å². The maximum atomic E-state index is 5.67. The zero-order chi connectivity index (χ0) is 12.4. The molecule has 2 fully saturated rings. The minimum absolute atomic E-state index is 0.766. The van der Waals surface area contributed by atoms with E-state index < -0.39 is 0 Å². The first-order valence-electron chi connectivity index (χ1n) is 7.32.